The first-order valence-electron chi connectivity index (χ1n) is 6.65. The van der Waals surface area contributed by atoms with Crippen LogP contribution in [-0.2, 0) is 0 Å². The fourth-order valence-electron chi connectivity index (χ4n) is 2.52. The molecule has 1 aliphatic rings. The van der Waals surface area contributed by atoms with Gasteiger partial charge in [-0.25, -0.2) is 0 Å². The van der Waals surface area contributed by atoms with Crippen LogP contribution >= 0.6 is 11.6 Å². The quantitative estimate of drug-likeness (QED) is 0.853. The van der Waals surface area contributed by atoms with Crippen LogP contribution in [0.2, 0.25) is 5.02 Å². The number of hydrogen-bond acceptors (Lipinski definition) is 3. The molecule has 0 spiro atoms. The molecular weight excluding hydrogens is 276 g/mol. The van der Waals surface area contributed by atoms with Crippen molar-refractivity contribution in [3.05, 3.63) is 47.2 Å². The first-order chi connectivity index (χ1) is 9.75. The van der Waals surface area contributed by atoms with Gasteiger partial charge in [0.1, 0.15) is 0 Å². The van der Waals surface area contributed by atoms with Crippen molar-refractivity contribution in [2.24, 2.45) is 0 Å². The SMILES string of the molecule is O=C(c1ccccc1Cl)N1CCC(n2nccn2)CC1. The number of piperidine rings is 1. The van der Waals surface area contributed by atoms with Crippen molar-refractivity contribution >= 4 is 17.5 Å². The molecule has 1 fully saturated rings. The van der Waals surface area contributed by atoms with E-state index in [9.17, 15) is 4.79 Å². The molecule has 104 valence electrons. The summed E-state index contributed by atoms with van der Waals surface area (Å²) >= 11 is 6.08. The molecule has 0 N–H and O–H groups in total. The average Bonchev–Trinajstić information content (AvgIpc) is 3.01. The maximum atomic E-state index is 12.4. The van der Waals surface area contributed by atoms with E-state index in [-0.39, 0.29) is 11.9 Å². The molecule has 1 aromatic heterocycles. The number of likely N-dealkylation sites (tertiary alicyclic amines) is 1. The van der Waals surface area contributed by atoms with Gasteiger partial charge in [-0.05, 0) is 25.0 Å². The summed E-state index contributed by atoms with van der Waals surface area (Å²) < 4.78 is 0. The lowest BCUT2D eigenvalue weighted by molar-refractivity contribution is 0.0684. The lowest BCUT2D eigenvalue weighted by atomic mass is 10.0. The smallest absolute Gasteiger partial charge is 0.255 e. The molecule has 0 atom stereocenters. The van der Waals surface area contributed by atoms with Crippen molar-refractivity contribution < 1.29 is 4.79 Å². The minimum atomic E-state index is 0.00229. The van der Waals surface area contributed by atoms with Crippen LogP contribution in [0.5, 0.6) is 0 Å². The third kappa shape index (κ3) is 2.54. The van der Waals surface area contributed by atoms with E-state index in [4.69, 9.17) is 11.6 Å². The van der Waals surface area contributed by atoms with Crippen molar-refractivity contribution in [2.75, 3.05) is 13.1 Å². The van der Waals surface area contributed by atoms with Crippen LogP contribution < -0.4 is 0 Å². The molecule has 1 aliphatic heterocycles. The van der Waals surface area contributed by atoms with E-state index in [0.717, 1.165) is 12.8 Å². The van der Waals surface area contributed by atoms with E-state index in [1.165, 1.54) is 0 Å². The Hall–Kier alpha value is -1.88. The highest BCUT2D eigenvalue weighted by atomic mass is 35.5. The second-order valence-electron chi connectivity index (χ2n) is 4.85. The van der Waals surface area contributed by atoms with Crippen molar-refractivity contribution in [1.29, 1.82) is 0 Å². The zero-order valence-corrected chi connectivity index (χ0v) is 11.7. The first kappa shape index (κ1) is 13.1. The summed E-state index contributed by atoms with van der Waals surface area (Å²) in [6, 6.07) is 7.45. The van der Waals surface area contributed by atoms with Gasteiger partial charge in [0.25, 0.3) is 5.91 Å². The van der Waals surface area contributed by atoms with Crippen LogP contribution in [0.25, 0.3) is 0 Å². The lowest BCUT2D eigenvalue weighted by Gasteiger charge is -2.31. The molecule has 0 unspecified atom stereocenters. The van der Waals surface area contributed by atoms with E-state index in [1.807, 2.05) is 17.0 Å². The van der Waals surface area contributed by atoms with E-state index < -0.39 is 0 Å². The van der Waals surface area contributed by atoms with Crippen LogP contribution in [0.3, 0.4) is 0 Å². The van der Waals surface area contributed by atoms with Gasteiger partial charge in [-0.1, -0.05) is 23.7 Å². The van der Waals surface area contributed by atoms with E-state index in [1.54, 1.807) is 29.3 Å². The zero-order valence-electron chi connectivity index (χ0n) is 10.9. The number of aromatic nitrogens is 3. The van der Waals surface area contributed by atoms with Gasteiger partial charge in [-0.2, -0.15) is 15.0 Å². The lowest BCUT2D eigenvalue weighted by Crippen LogP contribution is -2.39. The summed E-state index contributed by atoms with van der Waals surface area (Å²) in [6.45, 7) is 1.41. The fraction of sp³-hybridized carbons (Fsp3) is 0.357. The fourth-order valence-corrected chi connectivity index (χ4v) is 2.74. The maximum absolute atomic E-state index is 12.4. The van der Waals surface area contributed by atoms with Gasteiger partial charge in [0.05, 0.1) is 29.0 Å². The molecule has 0 radical (unpaired) electrons. The molecular formula is C14H15ClN4O. The van der Waals surface area contributed by atoms with Crippen LogP contribution in [0.15, 0.2) is 36.7 Å². The highest BCUT2D eigenvalue weighted by Gasteiger charge is 2.26. The second kappa shape index (κ2) is 5.63. The van der Waals surface area contributed by atoms with Gasteiger partial charge in [0.2, 0.25) is 0 Å². The Morgan fingerprint density at radius 1 is 1.15 bits per heavy atom. The van der Waals surface area contributed by atoms with Crippen molar-refractivity contribution in [1.82, 2.24) is 19.9 Å². The summed E-state index contributed by atoms with van der Waals surface area (Å²) in [5, 5.41) is 8.83. The van der Waals surface area contributed by atoms with Crippen LogP contribution in [-0.4, -0.2) is 38.9 Å². The maximum Gasteiger partial charge on any atom is 0.255 e. The Labute approximate surface area is 122 Å². The molecule has 3 rings (SSSR count). The predicted octanol–water partition coefficient (Wildman–Crippen LogP) is 2.41. The highest BCUT2D eigenvalue weighted by Crippen LogP contribution is 2.24. The number of amides is 1. The number of halogens is 1. The number of carbonyl (C=O) groups is 1. The number of hydrogen-bond donors (Lipinski definition) is 0. The molecule has 0 aliphatic carbocycles. The van der Waals surface area contributed by atoms with E-state index in [0.29, 0.717) is 23.7 Å². The Balaban J connectivity index is 1.66. The molecule has 2 heterocycles. The average molecular weight is 291 g/mol. The largest absolute Gasteiger partial charge is 0.338 e. The highest BCUT2D eigenvalue weighted by molar-refractivity contribution is 6.33. The van der Waals surface area contributed by atoms with Gasteiger partial charge in [-0.3, -0.25) is 4.79 Å². The zero-order chi connectivity index (χ0) is 13.9. The van der Waals surface area contributed by atoms with E-state index in [2.05, 4.69) is 10.2 Å². The molecule has 2 aromatic rings. The van der Waals surface area contributed by atoms with Gasteiger partial charge < -0.3 is 4.90 Å². The predicted molar refractivity (Wildman–Crippen MR) is 75.6 cm³/mol. The number of nitrogens with zero attached hydrogens (tertiary/aromatic N) is 4. The number of carbonyl (C=O) groups excluding carboxylic acids is 1. The second-order valence-corrected chi connectivity index (χ2v) is 5.26. The van der Waals surface area contributed by atoms with Gasteiger partial charge in [0.15, 0.2) is 0 Å². The van der Waals surface area contributed by atoms with Crippen molar-refractivity contribution in [2.45, 2.75) is 18.9 Å². The normalized spacial score (nSPS) is 16.4. The Morgan fingerprint density at radius 2 is 1.80 bits per heavy atom. The van der Waals surface area contributed by atoms with Gasteiger partial charge in [0, 0.05) is 13.1 Å². The van der Waals surface area contributed by atoms with Crippen molar-refractivity contribution in [3.63, 3.8) is 0 Å². The molecule has 1 amide bonds. The molecule has 6 heteroatoms. The topological polar surface area (TPSA) is 51.0 Å². The Bertz CT molecular complexity index is 591. The Kier molecular flexibility index (Phi) is 3.69. The standard InChI is InChI=1S/C14H15ClN4O/c15-13-4-2-1-3-12(13)14(20)18-9-5-11(6-10-18)19-16-7-8-17-19/h1-4,7-8,11H,5-6,9-10H2. The van der Waals surface area contributed by atoms with Crippen LogP contribution in [0.4, 0.5) is 0 Å². The van der Waals surface area contributed by atoms with E-state index >= 15 is 0 Å². The third-order valence-corrected chi connectivity index (χ3v) is 3.95. The minimum absolute atomic E-state index is 0.00229. The Morgan fingerprint density at radius 3 is 2.45 bits per heavy atom. The molecule has 0 saturated carbocycles. The summed E-state index contributed by atoms with van der Waals surface area (Å²) in [5.74, 6) is 0.00229. The molecule has 20 heavy (non-hydrogen) atoms. The summed E-state index contributed by atoms with van der Waals surface area (Å²) in [7, 11) is 0. The molecule has 1 saturated heterocycles. The molecule has 5 nitrogen and oxygen atoms in total. The van der Waals surface area contributed by atoms with Gasteiger partial charge >= 0.3 is 0 Å². The summed E-state index contributed by atoms with van der Waals surface area (Å²) in [4.78, 5) is 16.0. The number of benzene rings is 1. The molecule has 0 bridgehead atoms. The monoisotopic (exact) mass is 290 g/mol. The van der Waals surface area contributed by atoms with Crippen LogP contribution in [0.1, 0.15) is 29.2 Å². The summed E-state index contributed by atoms with van der Waals surface area (Å²) in [6.07, 6.45) is 5.10. The third-order valence-electron chi connectivity index (χ3n) is 3.62. The van der Waals surface area contributed by atoms with Crippen LogP contribution in [0, 0.1) is 0 Å². The van der Waals surface area contributed by atoms with Crippen molar-refractivity contribution in [3.8, 4) is 0 Å². The molecule has 1 aromatic carbocycles. The minimum Gasteiger partial charge on any atom is -0.338 e. The number of rotatable bonds is 2. The first-order valence-corrected chi connectivity index (χ1v) is 7.03. The van der Waals surface area contributed by atoms with Gasteiger partial charge in [-0.15, -0.1) is 0 Å². The summed E-state index contributed by atoms with van der Waals surface area (Å²) in [5.41, 5.74) is 0.574.